The lowest BCUT2D eigenvalue weighted by Gasteiger charge is -2.09. The maximum atomic E-state index is 12.1. The second-order valence-corrected chi connectivity index (χ2v) is 5.15. The number of aromatic nitrogens is 3. The summed E-state index contributed by atoms with van der Waals surface area (Å²) in [5.41, 5.74) is 2.88. The van der Waals surface area contributed by atoms with Crippen molar-refractivity contribution in [3.8, 4) is 11.1 Å². The van der Waals surface area contributed by atoms with Crippen molar-refractivity contribution >= 4 is 26.8 Å². The van der Waals surface area contributed by atoms with E-state index in [9.17, 15) is 4.79 Å². The first-order chi connectivity index (χ1) is 9.70. The van der Waals surface area contributed by atoms with Gasteiger partial charge < -0.3 is 0 Å². The number of nitrogens with zero attached hydrogens (tertiary/aromatic N) is 3. The molecule has 5 heteroatoms. The van der Waals surface area contributed by atoms with Gasteiger partial charge in [-0.1, -0.05) is 6.07 Å². The van der Waals surface area contributed by atoms with Gasteiger partial charge in [0.15, 0.2) is 4.60 Å². The van der Waals surface area contributed by atoms with Crippen molar-refractivity contribution in [3.63, 3.8) is 0 Å². The van der Waals surface area contributed by atoms with Crippen LogP contribution in [0.5, 0.6) is 0 Å². The number of pyridine rings is 1. The third kappa shape index (κ3) is 2.14. The number of hydrogen-bond acceptors (Lipinski definition) is 3. The Hall–Kier alpha value is -2.01. The molecule has 0 spiro atoms. The molecule has 100 valence electrons. The number of fused-ring (bicyclic) bond motifs is 1. The van der Waals surface area contributed by atoms with Crippen molar-refractivity contribution in [1.29, 1.82) is 0 Å². The highest BCUT2D eigenvalue weighted by atomic mass is 79.9. The first-order valence-electron chi connectivity index (χ1n) is 6.31. The van der Waals surface area contributed by atoms with Gasteiger partial charge in [0.25, 0.3) is 0 Å². The third-order valence-electron chi connectivity index (χ3n) is 3.23. The largest absolute Gasteiger partial charge is 0.286 e. The van der Waals surface area contributed by atoms with Crippen molar-refractivity contribution < 1.29 is 0 Å². The summed E-state index contributed by atoms with van der Waals surface area (Å²) < 4.78 is 2.18. The van der Waals surface area contributed by atoms with Gasteiger partial charge in [-0.2, -0.15) is 5.10 Å². The van der Waals surface area contributed by atoms with Crippen LogP contribution in [0.4, 0.5) is 0 Å². The van der Waals surface area contributed by atoms with Crippen molar-refractivity contribution in [2.75, 3.05) is 0 Å². The van der Waals surface area contributed by atoms with Gasteiger partial charge >= 0.3 is 0 Å². The van der Waals surface area contributed by atoms with Crippen LogP contribution in [-0.2, 0) is 6.54 Å². The van der Waals surface area contributed by atoms with Crippen LogP contribution in [0, 0.1) is 0 Å². The molecule has 20 heavy (non-hydrogen) atoms. The Labute approximate surface area is 124 Å². The minimum atomic E-state index is -0.0778. The fourth-order valence-electron chi connectivity index (χ4n) is 2.22. The Morgan fingerprint density at radius 1 is 1.15 bits per heavy atom. The van der Waals surface area contributed by atoms with Crippen LogP contribution in [-0.4, -0.2) is 14.8 Å². The quantitative estimate of drug-likeness (QED) is 0.725. The van der Waals surface area contributed by atoms with E-state index in [1.807, 2.05) is 41.9 Å². The molecule has 0 unspecified atom stereocenters. The second kappa shape index (κ2) is 5.17. The fraction of sp³-hybridized carbons (Fsp3) is 0.133. The Bertz CT molecular complexity index is 828. The average Bonchev–Trinajstić information content (AvgIpc) is 2.51. The first-order valence-corrected chi connectivity index (χ1v) is 7.11. The van der Waals surface area contributed by atoms with Crippen LogP contribution >= 0.6 is 15.9 Å². The molecule has 1 aromatic carbocycles. The molecule has 0 bridgehead atoms. The molecule has 0 N–H and O–H groups in total. The van der Waals surface area contributed by atoms with Gasteiger partial charge in [0.1, 0.15) is 0 Å². The summed E-state index contributed by atoms with van der Waals surface area (Å²) in [5.74, 6) is 0. The lowest BCUT2D eigenvalue weighted by molar-refractivity contribution is 0.660. The van der Waals surface area contributed by atoms with Gasteiger partial charge in [-0.3, -0.25) is 14.5 Å². The lowest BCUT2D eigenvalue weighted by Crippen LogP contribution is -2.14. The number of benzene rings is 1. The molecule has 3 aromatic rings. The summed E-state index contributed by atoms with van der Waals surface area (Å²) in [4.78, 5) is 16.1. The van der Waals surface area contributed by atoms with E-state index in [4.69, 9.17) is 0 Å². The van der Waals surface area contributed by atoms with Crippen molar-refractivity contribution in [1.82, 2.24) is 14.8 Å². The van der Waals surface area contributed by atoms with Gasteiger partial charge in [-0.15, -0.1) is 0 Å². The zero-order valence-corrected chi connectivity index (χ0v) is 12.5. The van der Waals surface area contributed by atoms with E-state index < -0.39 is 0 Å². The van der Waals surface area contributed by atoms with Crippen LogP contribution in [0.15, 0.2) is 52.1 Å². The molecule has 0 aliphatic carbocycles. The van der Waals surface area contributed by atoms with E-state index in [2.05, 4.69) is 26.0 Å². The summed E-state index contributed by atoms with van der Waals surface area (Å²) in [6.07, 6.45) is 3.51. The van der Waals surface area contributed by atoms with E-state index >= 15 is 0 Å². The number of rotatable bonds is 2. The van der Waals surface area contributed by atoms with Crippen molar-refractivity contribution in [2.45, 2.75) is 13.5 Å². The zero-order valence-electron chi connectivity index (χ0n) is 10.9. The molecule has 0 fully saturated rings. The van der Waals surface area contributed by atoms with Gasteiger partial charge in [-0.25, -0.2) is 0 Å². The van der Waals surface area contributed by atoms with E-state index in [-0.39, 0.29) is 5.43 Å². The van der Waals surface area contributed by atoms with E-state index in [0.29, 0.717) is 16.5 Å². The number of hydrogen-bond donors (Lipinski definition) is 0. The van der Waals surface area contributed by atoms with Crippen LogP contribution in [0.3, 0.4) is 0 Å². The first kappa shape index (κ1) is 13.0. The van der Waals surface area contributed by atoms with Crippen LogP contribution in [0.25, 0.3) is 22.0 Å². The molecular formula is C15H12BrN3O. The summed E-state index contributed by atoms with van der Waals surface area (Å²) >= 11 is 3.22. The SMILES string of the molecule is CCn1nc(Br)c(=O)c2ccc(-c3ccncc3)cc21. The average molecular weight is 330 g/mol. The number of aryl methyl sites for hydroxylation is 1. The van der Waals surface area contributed by atoms with Gasteiger partial charge in [0.2, 0.25) is 5.43 Å². The predicted molar refractivity (Wildman–Crippen MR) is 82.6 cm³/mol. The standard InChI is InChI=1S/C15H12BrN3O/c1-2-19-13-9-11(10-5-7-17-8-6-10)3-4-12(13)14(20)15(16)18-19/h3-9H,2H2,1H3. The van der Waals surface area contributed by atoms with E-state index in [1.54, 1.807) is 12.4 Å². The van der Waals surface area contributed by atoms with Gasteiger partial charge in [0.05, 0.1) is 10.9 Å². The molecule has 0 saturated carbocycles. The molecule has 3 rings (SSSR count). The lowest BCUT2D eigenvalue weighted by atomic mass is 10.1. The minimum absolute atomic E-state index is 0.0778. The van der Waals surface area contributed by atoms with E-state index in [1.165, 1.54) is 0 Å². The molecule has 0 radical (unpaired) electrons. The fourth-order valence-corrected chi connectivity index (χ4v) is 2.62. The molecule has 2 aromatic heterocycles. The highest BCUT2D eigenvalue weighted by Crippen LogP contribution is 2.23. The molecule has 0 amide bonds. The summed E-state index contributed by atoms with van der Waals surface area (Å²) in [7, 11) is 0. The monoisotopic (exact) mass is 329 g/mol. The summed E-state index contributed by atoms with van der Waals surface area (Å²) in [6.45, 7) is 2.71. The molecule has 4 nitrogen and oxygen atoms in total. The zero-order chi connectivity index (χ0) is 14.1. The molecule has 0 aliphatic heterocycles. The molecule has 0 saturated heterocycles. The highest BCUT2D eigenvalue weighted by Gasteiger charge is 2.09. The Morgan fingerprint density at radius 2 is 1.90 bits per heavy atom. The van der Waals surface area contributed by atoms with Crippen molar-refractivity contribution in [3.05, 3.63) is 57.6 Å². The Balaban J connectivity index is 2.31. The molecular weight excluding hydrogens is 318 g/mol. The molecule has 0 atom stereocenters. The van der Waals surface area contributed by atoms with E-state index in [0.717, 1.165) is 16.6 Å². The Morgan fingerprint density at radius 3 is 2.60 bits per heavy atom. The van der Waals surface area contributed by atoms with Crippen LogP contribution in [0.1, 0.15) is 6.92 Å². The predicted octanol–water partition coefficient (Wildman–Crippen LogP) is 3.24. The maximum absolute atomic E-state index is 12.1. The highest BCUT2D eigenvalue weighted by molar-refractivity contribution is 9.10. The molecule has 2 heterocycles. The summed E-state index contributed by atoms with van der Waals surface area (Å²) in [6, 6.07) is 9.69. The number of halogens is 1. The van der Waals surface area contributed by atoms with Gasteiger partial charge in [-0.05, 0) is 58.2 Å². The van der Waals surface area contributed by atoms with Gasteiger partial charge in [0, 0.05) is 18.9 Å². The van der Waals surface area contributed by atoms with Crippen molar-refractivity contribution in [2.24, 2.45) is 0 Å². The third-order valence-corrected chi connectivity index (χ3v) is 3.75. The molecule has 0 aliphatic rings. The summed E-state index contributed by atoms with van der Waals surface area (Å²) in [5, 5.41) is 4.94. The minimum Gasteiger partial charge on any atom is -0.286 e. The normalized spacial score (nSPS) is 10.9. The van der Waals surface area contributed by atoms with Crippen LogP contribution in [0.2, 0.25) is 0 Å². The van der Waals surface area contributed by atoms with Crippen LogP contribution < -0.4 is 5.43 Å². The second-order valence-electron chi connectivity index (χ2n) is 4.40. The smallest absolute Gasteiger partial charge is 0.222 e. The maximum Gasteiger partial charge on any atom is 0.222 e. The Kier molecular flexibility index (Phi) is 3.36. The topological polar surface area (TPSA) is 47.8 Å².